The van der Waals surface area contributed by atoms with E-state index in [0.29, 0.717) is 28.0 Å². The molecule has 0 saturated heterocycles. The van der Waals surface area contributed by atoms with Gasteiger partial charge in [-0.25, -0.2) is 4.79 Å². The zero-order valence-corrected chi connectivity index (χ0v) is 11.0. The molecule has 0 amide bonds. The number of hydrogen-bond acceptors (Lipinski definition) is 3. The van der Waals surface area contributed by atoms with Gasteiger partial charge in [-0.1, -0.05) is 29.3 Å². The quantitative estimate of drug-likeness (QED) is 0.877. The molecule has 0 saturated carbocycles. The van der Waals surface area contributed by atoms with Crippen LogP contribution >= 0.6 is 23.2 Å². The molecule has 2 rings (SSSR count). The van der Waals surface area contributed by atoms with Crippen molar-refractivity contribution >= 4 is 29.2 Å². The minimum absolute atomic E-state index is 0.304. The predicted molar refractivity (Wildman–Crippen MR) is 70.0 cm³/mol. The first-order valence-electron chi connectivity index (χ1n) is 5.29. The molecule has 2 aromatic rings. The highest BCUT2D eigenvalue weighted by Gasteiger charge is 2.12. The van der Waals surface area contributed by atoms with Gasteiger partial charge in [0.2, 0.25) is 0 Å². The van der Waals surface area contributed by atoms with Crippen LogP contribution in [0.2, 0.25) is 10.0 Å². The van der Waals surface area contributed by atoms with E-state index in [4.69, 9.17) is 27.9 Å². The Kier molecular flexibility index (Phi) is 3.89. The first kappa shape index (κ1) is 12.9. The minimum Gasteiger partial charge on any atom is -0.461 e. The standard InChI is InChI=1S/C12H10Cl2N2O2/c1-2-18-12(17)11-6-10(15-16-11)7-3-4-8(13)9(14)5-7/h3-6H,2H2,1H3,(H,15,16). The van der Waals surface area contributed by atoms with Crippen LogP contribution in [0.15, 0.2) is 24.3 Å². The first-order chi connectivity index (χ1) is 8.61. The minimum atomic E-state index is -0.434. The van der Waals surface area contributed by atoms with Crippen LogP contribution in [0.5, 0.6) is 0 Å². The zero-order chi connectivity index (χ0) is 13.1. The number of aromatic nitrogens is 2. The Morgan fingerprint density at radius 3 is 2.78 bits per heavy atom. The third-order valence-corrected chi connectivity index (χ3v) is 3.03. The van der Waals surface area contributed by atoms with Gasteiger partial charge in [0.1, 0.15) is 5.69 Å². The molecule has 0 aliphatic carbocycles. The second kappa shape index (κ2) is 5.42. The number of ether oxygens (including phenoxy) is 1. The Morgan fingerprint density at radius 2 is 2.11 bits per heavy atom. The summed E-state index contributed by atoms with van der Waals surface area (Å²) in [4.78, 5) is 11.5. The Hall–Kier alpha value is -1.52. The number of hydrogen-bond donors (Lipinski definition) is 1. The lowest BCUT2D eigenvalue weighted by Crippen LogP contribution is -2.04. The van der Waals surface area contributed by atoms with E-state index in [0.717, 1.165) is 5.56 Å². The van der Waals surface area contributed by atoms with Crippen LogP contribution in [0, 0.1) is 0 Å². The van der Waals surface area contributed by atoms with E-state index < -0.39 is 5.97 Å². The number of aromatic amines is 1. The van der Waals surface area contributed by atoms with E-state index in [9.17, 15) is 4.79 Å². The topological polar surface area (TPSA) is 55.0 Å². The second-order valence-electron chi connectivity index (χ2n) is 3.52. The van der Waals surface area contributed by atoms with Gasteiger partial charge < -0.3 is 4.74 Å². The summed E-state index contributed by atoms with van der Waals surface area (Å²) in [6.45, 7) is 2.06. The number of H-pyrrole nitrogens is 1. The summed E-state index contributed by atoms with van der Waals surface area (Å²) in [5.74, 6) is -0.434. The molecular weight excluding hydrogens is 275 g/mol. The molecule has 0 unspecified atom stereocenters. The number of halogens is 2. The Morgan fingerprint density at radius 1 is 1.33 bits per heavy atom. The van der Waals surface area contributed by atoms with Crippen LogP contribution in [0.4, 0.5) is 0 Å². The number of carbonyl (C=O) groups excluding carboxylic acids is 1. The molecule has 6 heteroatoms. The number of esters is 1. The summed E-state index contributed by atoms with van der Waals surface area (Å²) in [7, 11) is 0. The summed E-state index contributed by atoms with van der Waals surface area (Å²) in [6, 6.07) is 6.75. The van der Waals surface area contributed by atoms with Gasteiger partial charge in [0, 0.05) is 5.56 Å². The fraction of sp³-hybridized carbons (Fsp3) is 0.167. The average Bonchev–Trinajstić information content (AvgIpc) is 2.82. The molecule has 0 bridgehead atoms. The molecule has 0 aliphatic rings. The van der Waals surface area contributed by atoms with Crippen LogP contribution in [0.3, 0.4) is 0 Å². The Labute approximate surface area is 114 Å². The molecular formula is C12H10Cl2N2O2. The maximum Gasteiger partial charge on any atom is 0.356 e. The molecule has 1 aromatic carbocycles. The van der Waals surface area contributed by atoms with Crippen molar-refractivity contribution < 1.29 is 9.53 Å². The summed E-state index contributed by atoms with van der Waals surface area (Å²) in [6.07, 6.45) is 0. The molecule has 0 spiro atoms. The van der Waals surface area contributed by atoms with Gasteiger partial charge in [-0.05, 0) is 25.1 Å². The van der Waals surface area contributed by atoms with Gasteiger partial charge in [0.25, 0.3) is 0 Å². The van der Waals surface area contributed by atoms with Crippen molar-refractivity contribution in [3.8, 4) is 11.3 Å². The van der Waals surface area contributed by atoms with E-state index in [2.05, 4.69) is 10.2 Å². The molecule has 18 heavy (non-hydrogen) atoms. The number of carbonyl (C=O) groups is 1. The van der Waals surface area contributed by atoms with Gasteiger partial charge in [0.15, 0.2) is 0 Å². The maximum atomic E-state index is 11.5. The number of rotatable bonds is 3. The van der Waals surface area contributed by atoms with Gasteiger partial charge in [-0.3, -0.25) is 5.10 Å². The summed E-state index contributed by atoms with van der Waals surface area (Å²) >= 11 is 11.8. The highest BCUT2D eigenvalue weighted by Crippen LogP contribution is 2.27. The fourth-order valence-electron chi connectivity index (χ4n) is 1.44. The van der Waals surface area contributed by atoms with Crippen molar-refractivity contribution in [1.29, 1.82) is 0 Å². The summed E-state index contributed by atoms with van der Waals surface area (Å²) < 4.78 is 4.86. The normalized spacial score (nSPS) is 10.4. The molecule has 0 fully saturated rings. The van der Waals surface area contributed by atoms with Crippen LogP contribution in [0.25, 0.3) is 11.3 Å². The number of nitrogens with one attached hydrogen (secondary N) is 1. The molecule has 1 N–H and O–H groups in total. The number of benzene rings is 1. The summed E-state index contributed by atoms with van der Waals surface area (Å²) in [5, 5.41) is 7.57. The van der Waals surface area contributed by atoms with Gasteiger partial charge in [0.05, 0.1) is 22.3 Å². The highest BCUT2D eigenvalue weighted by molar-refractivity contribution is 6.42. The van der Waals surface area contributed by atoms with E-state index >= 15 is 0 Å². The van der Waals surface area contributed by atoms with Crippen molar-refractivity contribution in [1.82, 2.24) is 10.2 Å². The van der Waals surface area contributed by atoms with E-state index in [1.165, 1.54) is 0 Å². The Balaban J connectivity index is 2.29. The fourth-order valence-corrected chi connectivity index (χ4v) is 1.74. The monoisotopic (exact) mass is 284 g/mol. The highest BCUT2D eigenvalue weighted by atomic mass is 35.5. The van der Waals surface area contributed by atoms with Crippen LogP contribution in [0.1, 0.15) is 17.4 Å². The van der Waals surface area contributed by atoms with E-state index in [1.54, 1.807) is 31.2 Å². The van der Waals surface area contributed by atoms with Crippen molar-refractivity contribution in [2.24, 2.45) is 0 Å². The van der Waals surface area contributed by atoms with E-state index in [-0.39, 0.29) is 0 Å². The maximum absolute atomic E-state index is 11.5. The van der Waals surface area contributed by atoms with Crippen molar-refractivity contribution in [3.05, 3.63) is 40.0 Å². The lowest BCUT2D eigenvalue weighted by atomic mass is 10.1. The third-order valence-electron chi connectivity index (χ3n) is 2.29. The smallest absolute Gasteiger partial charge is 0.356 e. The molecule has 1 aromatic heterocycles. The predicted octanol–water partition coefficient (Wildman–Crippen LogP) is 3.56. The molecule has 0 atom stereocenters. The van der Waals surface area contributed by atoms with Crippen LogP contribution in [-0.4, -0.2) is 22.8 Å². The van der Waals surface area contributed by atoms with E-state index in [1.807, 2.05) is 0 Å². The van der Waals surface area contributed by atoms with Gasteiger partial charge in [-0.15, -0.1) is 0 Å². The van der Waals surface area contributed by atoms with Gasteiger partial charge in [-0.2, -0.15) is 5.10 Å². The van der Waals surface area contributed by atoms with Crippen molar-refractivity contribution in [2.45, 2.75) is 6.92 Å². The van der Waals surface area contributed by atoms with Crippen molar-refractivity contribution in [3.63, 3.8) is 0 Å². The number of nitrogens with zero attached hydrogens (tertiary/aromatic N) is 1. The van der Waals surface area contributed by atoms with Crippen LogP contribution < -0.4 is 0 Å². The SMILES string of the molecule is CCOC(=O)c1cc(-c2ccc(Cl)c(Cl)c2)n[nH]1. The lowest BCUT2D eigenvalue weighted by molar-refractivity contribution is 0.0519. The molecule has 4 nitrogen and oxygen atoms in total. The molecule has 1 heterocycles. The molecule has 0 radical (unpaired) electrons. The molecule has 0 aliphatic heterocycles. The molecule has 94 valence electrons. The largest absolute Gasteiger partial charge is 0.461 e. The Bertz CT molecular complexity index is 581. The summed E-state index contributed by atoms with van der Waals surface area (Å²) in [5.41, 5.74) is 1.69. The third kappa shape index (κ3) is 2.66. The second-order valence-corrected chi connectivity index (χ2v) is 4.33. The zero-order valence-electron chi connectivity index (χ0n) is 9.54. The average molecular weight is 285 g/mol. The van der Waals surface area contributed by atoms with Crippen molar-refractivity contribution in [2.75, 3.05) is 6.61 Å². The van der Waals surface area contributed by atoms with Gasteiger partial charge >= 0.3 is 5.97 Å². The first-order valence-corrected chi connectivity index (χ1v) is 6.05. The van der Waals surface area contributed by atoms with Crippen LogP contribution in [-0.2, 0) is 4.74 Å². The lowest BCUT2D eigenvalue weighted by Gasteiger charge is -1.99.